The zero-order valence-electron chi connectivity index (χ0n) is 12.6. The number of hydrogen-bond donors (Lipinski definition) is 2. The van der Waals surface area contributed by atoms with E-state index in [4.69, 9.17) is 4.52 Å². The number of hydrogen-bond acceptors (Lipinski definition) is 4. The minimum atomic E-state index is -0.675. The lowest BCUT2D eigenvalue weighted by Gasteiger charge is -2.46. The molecule has 1 fully saturated rings. The third-order valence-electron chi connectivity index (χ3n) is 4.95. The van der Waals surface area contributed by atoms with Crippen LogP contribution in [0.15, 0.2) is 10.6 Å². The van der Waals surface area contributed by atoms with E-state index >= 15 is 0 Å². The van der Waals surface area contributed by atoms with Crippen LogP contribution in [0.25, 0.3) is 0 Å². The monoisotopic (exact) mass is 280 g/mol. The van der Waals surface area contributed by atoms with Crippen LogP contribution < -0.4 is 5.32 Å². The molecule has 2 rings (SSSR count). The SMILES string of the molecule is Cc1cc(CNC2CCC(C(=O)O)C(C)(C)C2C)on1. The summed E-state index contributed by atoms with van der Waals surface area (Å²) < 4.78 is 5.20. The van der Waals surface area contributed by atoms with Crippen molar-refractivity contribution in [1.82, 2.24) is 10.5 Å². The van der Waals surface area contributed by atoms with E-state index < -0.39 is 5.97 Å². The molecule has 3 atom stereocenters. The van der Waals surface area contributed by atoms with Crippen molar-refractivity contribution in [2.45, 2.75) is 53.1 Å². The number of rotatable bonds is 4. The van der Waals surface area contributed by atoms with Gasteiger partial charge >= 0.3 is 5.97 Å². The molecule has 5 heteroatoms. The number of aryl methyl sites for hydroxylation is 1. The molecule has 0 radical (unpaired) electrons. The Kier molecular flexibility index (Phi) is 4.18. The molecule has 1 aromatic heterocycles. The van der Waals surface area contributed by atoms with Crippen molar-refractivity contribution in [3.63, 3.8) is 0 Å². The number of aromatic nitrogens is 1. The highest BCUT2D eigenvalue weighted by molar-refractivity contribution is 5.71. The first-order chi connectivity index (χ1) is 9.32. The van der Waals surface area contributed by atoms with Gasteiger partial charge in [0.25, 0.3) is 0 Å². The van der Waals surface area contributed by atoms with Gasteiger partial charge in [-0.05, 0) is 31.1 Å². The highest BCUT2D eigenvalue weighted by Gasteiger charge is 2.46. The molecule has 0 bridgehead atoms. The smallest absolute Gasteiger partial charge is 0.307 e. The van der Waals surface area contributed by atoms with E-state index in [1.165, 1.54) is 0 Å². The van der Waals surface area contributed by atoms with Gasteiger partial charge in [-0.1, -0.05) is 25.9 Å². The van der Waals surface area contributed by atoms with Gasteiger partial charge < -0.3 is 14.9 Å². The largest absolute Gasteiger partial charge is 0.481 e. The maximum atomic E-state index is 11.4. The Morgan fingerprint density at radius 3 is 2.80 bits per heavy atom. The van der Waals surface area contributed by atoms with Crippen LogP contribution >= 0.6 is 0 Å². The van der Waals surface area contributed by atoms with Gasteiger partial charge in [0.15, 0.2) is 5.76 Å². The molecule has 1 aromatic rings. The second-order valence-electron chi connectivity index (χ2n) is 6.50. The highest BCUT2D eigenvalue weighted by Crippen LogP contribution is 2.45. The van der Waals surface area contributed by atoms with E-state index in [1.807, 2.05) is 13.0 Å². The van der Waals surface area contributed by atoms with E-state index in [1.54, 1.807) is 0 Å². The van der Waals surface area contributed by atoms with Gasteiger partial charge in [-0.25, -0.2) is 0 Å². The Balaban J connectivity index is 1.99. The number of carboxylic acid groups (broad SMARTS) is 1. The van der Waals surface area contributed by atoms with Gasteiger partial charge in [0, 0.05) is 12.1 Å². The number of carbonyl (C=O) groups is 1. The summed E-state index contributed by atoms with van der Waals surface area (Å²) in [5.41, 5.74) is 0.670. The summed E-state index contributed by atoms with van der Waals surface area (Å²) in [4.78, 5) is 11.4. The second-order valence-corrected chi connectivity index (χ2v) is 6.50. The Labute approximate surface area is 119 Å². The molecule has 112 valence electrons. The maximum absolute atomic E-state index is 11.4. The fourth-order valence-electron chi connectivity index (χ4n) is 3.26. The molecule has 1 saturated carbocycles. The fourth-order valence-corrected chi connectivity index (χ4v) is 3.26. The summed E-state index contributed by atoms with van der Waals surface area (Å²) in [5, 5.41) is 16.7. The van der Waals surface area contributed by atoms with Crippen LogP contribution in [0.4, 0.5) is 0 Å². The topological polar surface area (TPSA) is 75.4 Å². The Bertz CT molecular complexity index is 481. The molecule has 0 aromatic carbocycles. The molecule has 1 aliphatic rings. The molecule has 1 aliphatic carbocycles. The van der Waals surface area contributed by atoms with Gasteiger partial charge in [-0.2, -0.15) is 0 Å². The van der Waals surface area contributed by atoms with Gasteiger partial charge in [0.1, 0.15) is 0 Å². The standard InChI is InChI=1S/C15H24N2O3/c1-9-7-11(20-17-9)8-16-13-6-5-12(14(18)19)15(3,4)10(13)2/h7,10,12-13,16H,5-6,8H2,1-4H3,(H,18,19). The van der Waals surface area contributed by atoms with E-state index in [0.29, 0.717) is 18.5 Å². The molecule has 2 N–H and O–H groups in total. The Hall–Kier alpha value is -1.36. The van der Waals surface area contributed by atoms with E-state index in [-0.39, 0.29) is 11.3 Å². The number of nitrogens with zero attached hydrogens (tertiary/aromatic N) is 1. The molecule has 3 unspecified atom stereocenters. The molecular weight excluding hydrogens is 256 g/mol. The molecule has 5 nitrogen and oxygen atoms in total. The lowest BCUT2D eigenvalue weighted by Crippen LogP contribution is -2.50. The highest BCUT2D eigenvalue weighted by atomic mass is 16.5. The van der Waals surface area contributed by atoms with Gasteiger partial charge in [0.05, 0.1) is 18.2 Å². The Morgan fingerprint density at radius 2 is 2.25 bits per heavy atom. The zero-order valence-corrected chi connectivity index (χ0v) is 12.6. The van der Waals surface area contributed by atoms with Crippen molar-refractivity contribution in [3.8, 4) is 0 Å². The summed E-state index contributed by atoms with van der Waals surface area (Å²) in [6, 6.07) is 2.23. The minimum absolute atomic E-state index is 0.209. The van der Waals surface area contributed by atoms with Crippen LogP contribution in [-0.4, -0.2) is 22.3 Å². The van der Waals surface area contributed by atoms with Crippen LogP contribution in [0, 0.1) is 24.2 Å². The molecule has 0 spiro atoms. The van der Waals surface area contributed by atoms with Gasteiger partial charge in [0.2, 0.25) is 0 Å². The van der Waals surface area contributed by atoms with Crippen LogP contribution in [-0.2, 0) is 11.3 Å². The molecule has 0 amide bonds. The zero-order chi connectivity index (χ0) is 14.9. The van der Waals surface area contributed by atoms with E-state index in [2.05, 4.69) is 31.2 Å². The fraction of sp³-hybridized carbons (Fsp3) is 0.733. The number of nitrogens with one attached hydrogen (secondary N) is 1. The quantitative estimate of drug-likeness (QED) is 0.886. The van der Waals surface area contributed by atoms with Crippen LogP contribution in [0.3, 0.4) is 0 Å². The van der Waals surface area contributed by atoms with Crippen molar-refractivity contribution in [2.75, 3.05) is 0 Å². The van der Waals surface area contributed by atoms with Crippen LogP contribution in [0.2, 0.25) is 0 Å². The second kappa shape index (κ2) is 5.56. The van der Waals surface area contributed by atoms with Crippen LogP contribution in [0.5, 0.6) is 0 Å². The first-order valence-electron chi connectivity index (χ1n) is 7.20. The van der Waals surface area contributed by atoms with E-state index in [0.717, 1.165) is 24.3 Å². The summed E-state index contributed by atoms with van der Waals surface area (Å²) in [7, 11) is 0. The predicted molar refractivity (Wildman–Crippen MR) is 75.2 cm³/mol. The summed E-state index contributed by atoms with van der Waals surface area (Å²) in [5.74, 6) is 0.184. The molecule has 1 heterocycles. The van der Waals surface area contributed by atoms with Crippen molar-refractivity contribution < 1.29 is 14.4 Å². The number of aliphatic carboxylic acids is 1. The lowest BCUT2D eigenvalue weighted by atomic mass is 9.61. The third kappa shape index (κ3) is 2.87. The van der Waals surface area contributed by atoms with Gasteiger partial charge in [-0.15, -0.1) is 0 Å². The van der Waals surface area contributed by atoms with Crippen molar-refractivity contribution in [1.29, 1.82) is 0 Å². The molecule has 0 aliphatic heterocycles. The summed E-state index contributed by atoms with van der Waals surface area (Å²) in [6.45, 7) is 8.80. The average molecular weight is 280 g/mol. The first kappa shape index (κ1) is 15.0. The average Bonchev–Trinajstić information content (AvgIpc) is 2.76. The molecule has 0 saturated heterocycles. The van der Waals surface area contributed by atoms with Gasteiger partial charge in [-0.3, -0.25) is 4.79 Å². The Morgan fingerprint density at radius 1 is 1.55 bits per heavy atom. The van der Waals surface area contributed by atoms with Crippen molar-refractivity contribution >= 4 is 5.97 Å². The molecular formula is C15H24N2O3. The number of carboxylic acids is 1. The summed E-state index contributed by atoms with van der Waals surface area (Å²) in [6.07, 6.45) is 1.61. The van der Waals surface area contributed by atoms with Crippen molar-refractivity contribution in [2.24, 2.45) is 17.3 Å². The molecule has 20 heavy (non-hydrogen) atoms. The normalized spacial score (nSPS) is 29.3. The van der Waals surface area contributed by atoms with E-state index in [9.17, 15) is 9.90 Å². The third-order valence-corrected chi connectivity index (χ3v) is 4.95. The first-order valence-corrected chi connectivity index (χ1v) is 7.20. The van der Waals surface area contributed by atoms with Crippen molar-refractivity contribution in [3.05, 3.63) is 17.5 Å². The maximum Gasteiger partial charge on any atom is 0.307 e. The minimum Gasteiger partial charge on any atom is -0.481 e. The lowest BCUT2D eigenvalue weighted by molar-refractivity contribution is -0.150. The van der Waals surface area contributed by atoms with Crippen LogP contribution in [0.1, 0.15) is 45.1 Å². The predicted octanol–water partition coefficient (Wildman–Crippen LogP) is 2.60. The summed E-state index contributed by atoms with van der Waals surface area (Å²) >= 11 is 0.